The monoisotopic (exact) mass is 264 g/mol. The van der Waals surface area contributed by atoms with Gasteiger partial charge in [-0.15, -0.1) is 0 Å². The van der Waals surface area contributed by atoms with E-state index in [-0.39, 0.29) is 16.9 Å². The van der Waals surface area contributed by atoms with Crippen LogP contribution in [0.3, 0.4) is 0 Å². The predicted molar refractivity (Wildman–Crippen MR) is 59.3 cm³/mol. The highest BCUT2D eigenvalue weighted by molar-refractivity contribution is 6.32. The first-order chi connectivity index (χ1) is 7.89. The lowest BCUT2D eigenvalue weighted by Gasteiger charge is -2.34. The van der Waals surface area contributed by atoms with E-state index in [0.717, 1.165) is 18.9 Å². The Morgan fingerprint density at radius 3 is 2.47 bits per heavy atom. The van der Waals surface area contributed by atoms with E-state index in [1.165, 1.54) is 12.1 Å². The Morgan fingerprint density at radius 2 is 2.00 bits per heavy atom. The summed E-state index contributed by atoms with van der Waals surface area (Å²) in [5.74, 6) is 0.499. The third kappa shape index (κ3) is 2.51. The second-order valence-electron chi connectivity index (χ2n) is 4.33. The van der Waals surface area contributed by atoms with E-state index in [4.69, 9.17) is 16.3 Å². The maximum absolute atomic E-state index is 12.6. The largest absolute Gasteiger partial charge is 0.489 e. The van der Waals surface area contributed by atoms with Gasteiger partial charge in [-0.05, 0) is 30.9 Å². The Balaban J connectivity index is 2.23. The Kier molecular flexibility index (Phi) is 3.25. The molecule has 0 bridgehead atoms. The Bertz CT molecular complexity index is 417. The summed E-state index contributed by atoms with van der Waals surface area (Å²) in [6, 6.07) is 3.75. The molecule has 0 saturated heterocycles. The molecule has 94 valence electrons. The zero-order valence-electron chi connectivity index (χ0n) is 9.22. The molecule has 1 unspecified atom stereocenters. The number of hydrogen-bond donors (Lipinski definition) is 0. The molecular formula is C12H12ClF3O. The van der Waals surface area contributed by atoms with Gasteiger partial charge in [0.1, 0.15) is 11.9 Å². The summed E-state index contributed by atoms with van der Waals surface area (Å²) in [5, 5.41) is -0.348. The minimum absolute atomic E-state index is 0.0176. The molecule has 0 amide bonds. The van der Waals surface area contributed by atoms with Crippen LogP contribution in [0.5, 0.6) is 5.75 Å². The van der Waals surface area contributed by atoms with Gasteiger partial charge in [0, 0.05) is 0 Å². The molecule has 1 saturated carbocycles. The second-order valence-corrected chi connectivity index (χ2v) is 4.70. The normalized spacial score (nSPS) is 24.3. The average Bonchev–Trinajstić information content (AvgIpc) is 2.24. The highest BCUT2D eigenvalue weighted by Crippen LogP contribution is 2.41. The van der Waals surface area contributed by atoms with Gasteiger partial charge < -0.3 is 4.74 Å². The third-order valence-corrected chi connectivity index (χ3v) is 3.48. The van der Waals surface area contributed by atoms with Crippen molar-refractivity contribution in [1.82, 2.24) is 0 Å². The summed E-state index contributed by atoms with van der Waals surface area (Å²) in [6.07, 6.45) is -2.55. The van der Waals surface area contributed by atoms with Crippen LogP contribution in [-0.2, 0) is 6.18 Å². The molecule has 1 aliphatic carbocycles. The second kappa shape index (κ2) is 4.41. The standard InChI is InChI=1S/C12H12ClF3O/c1-7-5-6-9(7)17-10-4-2-3-8(11(10)13)12(14,15)16/h2-4,7,9H,5-6H2,1H3/t7?,9-/m1/s1. The first kappa shape index (κ1) is 12.6. The molecule has 0 N–H and O–H groups in total. The van der Waals surface area contributed by atoms with Crippen molar-refractivity contribution in [3.8, 4) is 5.75 Å². The summed E-state index contributed by atoms with van der Waals surface area (Å²) in [5.41, 5.74) is -0.844. The number of benzene rings is 1. The topological polar surface area (TPSA) is 9.23 Å². The van der Waals surface area contributed by atoms with Crippen molar-refractivity contribution in [2.24, 2.45) is 5.92 Å². The van der Waals surface area contributed by atoms with Crippen LogP contribution in [0, 0.1) is 5.92 Å². The number of rotatable bonds is 2. The Morgan fingerprint density at radius 1 is 1.29 bits per heavy atom. The molecular weight excluding hydrogens is 253 g/mol. The van der Waals surface area contributed by atoms with Gasteiger partial charge in [-0.25, -0.2) is 0 Å². The Labute approximate surface area is 103 Å². The molecule has 0 radical (unpaired) electrons. The molecule has 2 atom stereocenters. The van der Waals surface area contributed by atoms with Crippen LogP contribution in [-0.4, -0.2) is 6.10 Å². The zero-order valence-corrected chi connectivity index (χ0v) is 9.98. The lowest BCUT2D eigenvalue weighted by Crippen LogP contribution is -2.34. The SMILES string of the molecule is CC1CC[C@H]1Oc1cccc(C(F)(F)F)c1Cl. The summed E-state index contributed by atoms with van der Waals surface area (Å²) in [4.78, 5) is 0. The fraction of sp³-hybridized carbons (Fsp3) is 0.500. The highest BCUT2D eigenvalue weighted by Gasteiger charge is 2.35. The molecule has 1 nitrogen and oxygen atoms in total. The van der Waals surface area contributed by atoms with Crippen molar-refractivity contribution in [3.05, 3.63) is 28.8 Å². The van der Waals surface area contributed by atoms with Gasteiger partial charge in [-0.3, -0.25) is 0 Å². The van der Waals surface area contributed by atoms with E-state index < -0.39 is 11.7 Å². The average molecular weight is 265 g/mol. The molecule has 1 aliphatic rings. The molecule has 1 aromatic rings. The van der Waals surface area contributed by atoms with E-state index >= 15 is 0 Å². The van der Waals surface area contributed by atoms with Gasteiger partial charge in [0.05, 0.1) is 10.6 Å². The first-order valence-corrected chi connectivity index (χ1v) is 5.79. The van der Waals surface area contributed by atoms with Gasteiger partial charge >= 0.3 is 6.18 Å². The summed E-state index contributed by atoms with van der Waals surface area (Å²) in [7, 11) is 0. The molecule has 2 rings (SSSR count). The maximum atomic E-state index is 12.6. The van der Waals surface area contributed by atoms with Gasteiger partial charge in [0.25, 0.3) is 0 Å². The van der Waals surface area contributed by atoms with E-state index in [1.807, 2.05) is 6.92 Å². The zero-order chi connectivity index (χ0) is 12.6. The van der Waals surface area contributed by atoms with E-state index in [1.54, 1.807) is 0 Å². The number of halogens is 4. The van der Waals surface area contributed by atoms with Gasteiger partial charge in [0.15, 0.2) is 0 Å². The van der Waals surface area contributed by atoms with Crippen LogP contribution in [0.2, 0.25) is 5.02 Å². The molecule has 5 heteroatoms. The predicted octanol–water partition coefficient (Wildman–Crippen LogP) is 4.54. The van der Waals surface area contributed by atoms with E-state index in [2.05, 4.69) is 0 Å². The van der Waals surface area contributed by atoms with Crippen LogP contribution >= 0.6 is 11.6 Å². The van der Waals surface area contributed by atoms with Crippen molar-refractivity contribution in [3.63, 3.8) is 0 Å². The van der Waals surface area contributed by atoms with Crippen LogP contribution in [0.15, 0.2) is 18.2 Å². The lowest BCUT2D eigenvalue weighted by molar-refractivity contribution is -0.137. The van der Waals surface area contributed by atoms with Crippen molar-refractivity contribution < 1.29 is 17.9 Å². The summed E-state index contributed by atoms with van der Waals surface area (Å²) >= 11 is 5.72. The number of alkyl halides is 3. The maximum Gasteiger partial charge on any atom is 0.417 e. The fourth-order valence-corrected chi connectivity index (χ4v) is 2.07. The minimum Gasteiger partial charge on any atom is -0.489 e. The van der Waals surface area contributed by atoms with E-state index in [9.17, 15) is 13.2 Å². The van der Waals surface area contributed by atoms with Crippen LogP contribution < -0.4 is 4.74 Å². The smallest absolute Gasteiger partial charge is 0.417 e. The van der Waals surface area contributed by atoms with Crippen molar-refractivity contribution >= 4 is 11.6 Å². The van der Waals surface area contributed by atoms with Crippen molar-refractivity contribution in [2.75, 3.05) is 0 Å². The summed E-state index contributed by atoms with van der Waals surface area (Å²) in [6.45, 7) is 2.01. The van der Waals surface area contributed by atoms with Gasteiger partial charge in [0.2, 0.25) is 0 Å². The highest BCUT2D eigenvalue weighted by atomic mass is 35.5. The quantitative estimate of drug-likeness (QED) is 0.762. The van der Waals surface area contributed by atoms with Crippen LogP contribution in [0.1, 0.15) is 25.3 Å². The number of ether oxygens (including phenoxy) is 1. The van der Waals surface area contributed by atoms with Crippen LogP contribution in [0.25, 0.3) is 0 Å². The number of hydrogen-bond acceptors (Lipinski definition) is 1. The molecule has 1 fully saturated rings. The van der Waals surface area contributed by atoms with Gasteiger partial charge in [-0.2, -0.15) is 13.2 Å². The molecule has 0 spiro atoms. The molecule has 0 heterocycles. The lowest BCUT2D eigenvalue weighted by atomic mass is 9.83. The summed E-state index contributed by atoms with van der Waals surface area (Å²) < 4.78 is 43.3. The molecule has 0 aromatic heterocycles. The molecule has 0 aliphatic heterocycles. The van der Waals surface area contributed by atoms with Gasteiger partial charge in [-0.1, -0.05) is 24.6 Å². The van der Waals surface area contributed by atoms with Crippen molar-refractivity contribution in [2.45, 2.75) is 32.0 Å². The van der Waals surface area contributed by atoms with Crippen molar-refractivity contribution in [1.29, 1.82) is 0 Å². The fourth-order valence-electron chi connectivity index (χ4n) is 1.79. The van der Waals surface area contributed by atoms with Crippen LogP contribution in [0.4, 0.5) is 13.2 Å². The third-order valence-electron chi connectivity index (χ3n) is 3.09. The Hall–Kier alpha value is -0.900. The molecule has 1 aromatic carbocycles. The first-order valence-electron chi connectivity index (χ1n) is 5.42. The minimum atomic E-state index is -4.44. The van der Waals surface area contributed by atoms with E-state index in [0.29, 0.717) is 5.92 Å². The molecule has 17 heavy (non-hydrogen) atoms.